The standard InChI is InChI=1S/C24H25N7O4/c1-15(32)29-10-12-30(13-11-29)20-9-6-18(14-21(20)31(34)35)24(33)25-19-7-4-17(5-8-19)23-26-22(27-28-23)16-2-3-16/h4-9,14,16H,2-3,10-13H2,1H3,(H,25,33)(H,26,27,28). The Balaban J connectivity index is 1.28. The molecule has 2 N–H and O–H groups in total. The van der Waals surface area contributed by atoms with Gasteiger partial charge in [-0.2, -0.15) is 5.10 Å². The Bertz CT molecular complexity index is 1280. The molecule has 0 unspecified atom stereocenters. The van der Waals surface area contributed by atoms with Gasteiger partial charge in [-0.1, -0.05) is 0 Å². The number of H-pyrrole nitrogens is 1. The quantitative estimate of drug-likeness (QED) is 0.412. The van der Waals surface area contributed by atoms with Crippen LogP contribution in [0.3, 0.4) is 0 Å². The highest BCUT2D eigenvalue weighted by molar-refractivity contribution is 6.05. The summed E-state index contributed by atoms with van der Waals surface area (Å²) in [5, 5.41) is 21.8. The molecule has 11 heteroatoms. The van der Waals surface area contributed by atoms with Gasteiger partial charge in [0.1, 0.15) is 11.5 Å². The molecule has 0 atom stereocenters. The summed E-state index contributed by atoms with van der Waals surface area (Å²) < 4.78 is 0. The highest BCUT2D eigenvalue weighted by atomic mass is 16.6. The van der Waals surface area contributed by atoms with E-state index in [1.54, 1.807) is 29.2 Å². The number of anilines is 2. The van der Waals surface area contributed by atoms with Crippen LogP contribution in [0.5, 0.6) is 0 Å². The van der Waals surface area contributed by atoms with Gasteiger partial charge in [0.05, 0.1) is 4.92 Å². The number of rotatable bonds is 6. The summed E-state index contributed by atoms with van der Waals surface area (Å²) in [5.41, 5.74) is 1.88. The number of piperazine rings is 1. The van der Waals surface area contributed by atoms with Gasteiger partial charge in [0.15, 0.2) is 5.82 Å². The molecule has 2 amide bonds. The number of carbonyl (C=O) groups excluding carboxylic acids is 2. The van der Waals surface area contributed by atoms with Crippen molar-refractivity contribution >= 4 is 28.9 Å². The summed E-state index contributed by atoms with van der Waals surface area (Å²) in [6.45, 7) is 3.50. The average Bonchev–Trinajstić information content (AvgIpc) is 3.60. The van der Waals surface area contributed by atoms with Gasteiger partial charge in [-0.3, -0.25) is 24.8 Å². The van der Waals surface area contributed by atoms with E-state index in [9.17, 15) is 19.7 Å². The fraction of sp³-hybridized carbons (Fsp3) is 0.333. The van der Waals surface area contributed by atoms with E-state index in [1.807, 2.05) is 17.0 Å². The summed E-state index contributed by atoms with van der Waals surface area (Å²) in [6.07, 6.45) is 2.27. The van der Waals surface area contributed by atoms with Crippen molar-refractivity contribution in [2.24, 2.45) is 0 Å². The number of hydrogen-bond donors (Lipinski definition) is 2. The minimum absolute atomic E-state index is 0.0113. The lowest BCUT2D eigenvalue weighted by Crippen LogP contribution is -2.48. The summed E-state index contributed by atoms with van der Waals surface area (Å²) in [4.78, 5) is 43.8. The average molecular weight is 476 g/mol. The molecule has 0 spiro atoms. The second kappa shape index (κ2) is 9.16. The number of nitrogens with one attached hydrogen (secondary N) is 2. The maximum atomic E-state index is 12.8. The topological polar surface area (TPSA) is 137 Å². The molecule has 2 heterocycles. The van der Waals surface area contributed by atoms with E-state index in [0.717, 1.165) is 24.2 Å². The largest absolute Gasteiger partial charge is 0.362 e. The predicted molar refractivity (Wildman–Crippen MR) is 129 cm³/mol. The van der Waals surface area contributed by atoms with Crippen molar-refractivity contribution in [1.82, 2.24) is 20.1 Å². The van der Waals surface area contributed by atoms with Crippen molar-refractivity contribution in [2.45, 2.75) is 25.7 Å². The number of nitro groups is 1. The predicted octanol–water partition coefficient (Wildman–Crippen LogP) is 3.18. The van der Waals surface area contributed by atoms with Crippen LogP contribution in [0, 0.1) is 10.1 Å². The first-order chi connectivity index (χ1) is 16.9. The van der Waals surface area contributed by atoms with E-state index in [1.165, 1.54) is 13.0 Å². The smallest absolute Gasteiger partial charge is 0.293 e. The minimum atomic E-state index is -0.481. The van der Waals surface area contributed by atoms with E-state index in [4.69, 9.17) is 0 Å². The molecular formula is C24H25N7O4. The second-order valence-electron chi connectivity index (χ2n) is 8.80. The first kappa shape index (κ1) is 22.5. The molecule has 0 bridgehead atoms. The lowest BCUT2D eigenvalue weighted by atomic mass is 10.1. The van der Waals surface area contributed by atoms with Crippen LogP contribution in [0.2, 0.25) is 0 Å². The van der Waals surface area contributed by atoms with E-state index >= 15 is 0 Å². The maximum Gasteiger partial charge on any atom is 0.293 e. The molecule has 35 heavy (non-hydrogen) atoms. The van der Waals surface area contributed by atoms with Crippen LogP contribution in [0.4, 0.5) is 17.1 Å². The third kappa shape index (κ3) is 4.84. The zero-order chi connectivity index (χ0) is 24.5. The van der Waals surface area contributed by atoms with Gasteiger partial charge in [0, 0.05) is 61.9 Å². The summed E-state index contributed by atoms with van der Waals surface area (Å²) in [7, 11) is 0. The number of aromatic nitrogens is 3. The van der Waals surface area contributed by atoms with Gasteiger partial charge in [-0.05, 0) is 49.2 Å². The SMILES string of the molecule is CC(=O)N1CCN(c2ccc(C(=O)Nc3ccc(-c4n[nH]c(C5CC5)n4)cc3)cc2[N+](=O)[O-])CC1. The fourth-order valence-electron chi connectivity index (χ4n) is 4.19. The van der Waals surface area contributed by atoms with Gasteiger partial charge in [-0.25, -0.2) is 4.98 Å². The van der Waals surface area contributed by atoms with Crippen LogP contribution in [-0.4, -0.2) is 63.0 Å². The molecule has 0 radical (unpaired) electrons. The Morgan fingerprint density at radius 2 is 1.80 bits per heavy atom. The van der Waals surface area contributed by atoms with Gasteiger partial charge in [0.2, 0.25) is 5.91 Å². The molecule has 1 saturated carbocycles. The Morgan fingerprint density at radius 3 is 2.43 bits per heavy atom. The summed E-state index contributed by atoms with van der Waals surface area (Å²) in [5.74, 6) is 1.55. The number of nitro benzene ring substituents is 1. The number of aromatic amines is 1. The van der Waals surface area contributed by atoms with Crippen molar-refractivity contribution in [3.63, 3.8) is 0 Å². The third-order valence-corrected chi connectivity index (χ3v) is 6.37. The lowest BCUT2D eigenvalue weighted by molar-refractivity contribution is -0.384. The number of benzene rings is 2. The maximum absolute atomic E-state index is 12.8. The van der Waals surface area contributed by atoms with Gasteiger partial charge >= 0.3 is 0 Å². The molecule has 2 aromatic carbocycles. The number of amides is 2. The molecule has 11 nitrogen and oxygen atoms in total. The van der Waals surface area contributed by atoms with Crippen LogP contribution in [0.15, 0.2) is 42.5 Å². The lowest BCUT2D eigenvalue weighted by Gasteiger charge is -2.35. The zero-order valence-corrected chi connectivity index (χ0v) is 19.2. The molecule has 1 aliphatic heterocycles. The van der Waals surface area contributed by atoms with Crippen LogP contribution in [-0.2, 0) is 4.79 Å². The second-order valence-corrected chi connectivity index (χ2v) is 8.80. The Kier molecular flexibility index (Phi) is 5.89. The van der Waals surface area contributed by atoms with Crippen molar-refractivity contribution in [3.05, 3.63) is 64.0 Å². The van der Waals surface area contributed by atoms with Crippen molar-refractivity contribution in [3.8, 4) is 11.4 Å². The molecular weight excluding hydrogens is 450 g/mol. The van der Waals surface area contributed by atoms with Gasteiger partial charge < -0.3 is 15.1 Å². The molecule has 2 aliphatic rings. The van der Waals surface area contributed by atoms with E-state index in [0.29, 0.717) is 49.3 Å². The van der Waals surface area contributed by atoms with Crippen LogP contribution in [0.1, 0.15) is 41.9 Å². The molecule has 1 saturated heterocycles. The Hall–Kier alpha value is -4.28. The minimum Gasteiger partial charge on any atom is -0.362 e. The zero-order valence-electron chi connectivity index (χ0n) is 19.2. The van der Waals surface area contributed by atoms with Crippen LogP contribution in [0.25, 0.3) is 11.4 Å². The normalized spacial score (nSPS) is 15.7. The van der Waals surface area contributed by atoms with E-state index < -0.39 is 10.8 Å². The van der Waals surface area contributed by atoms with Gasteiger partial charge in [-0.15, -0.1) is 0 Å². The van der Waals surface area contributed by atoms with E-state index in [2.05, 4.69) is 20.5 Å². The van der Waals surface area contributed by atoms with Crippen LogP contribution < -0.4 is 10.2 Å². The third-order valence-electron chi connectivity index (χ3n) is 6.37. The monoisotopic (exact) mass is 475 g/mol. The molecule has 1 aromatic heterocycles. The van der Waals surface area contributed by atoms with Crippen LogP contribution >= 0.6 is 0 Å². The Morgan fingerprint density at radius 1 is 1.09 bits per heavy atom. The van der Waals surface area contributed by atoms with Crippen molar-refractivity contribution < 1.29 is 14.5 Å². The van der Waals surface area contributed by atoms with E-state index in [-0.39, 0.29) is 17.2 Å². The number of carbonyl (C=O) groups is 2. The molecule has 180 valence electrons. The molecule has 3 aromatic rings. The molecule has 1 aliphatic carbocycles. The van der Waals surface area contributed by atoms with Gasteiger partial charge in [0.25, 0.3) is 11.6 Å². The summed E-state index contributed by atoms with van der Waals surface area (Å²) >= 11 is 0. The van der Waals surface area contributed by atoms with Crippen molar-refractivity contribution in [1.29, 1.82) is 0 Å². The first-order valence-corrected chi connectivity index (χ1v) is 11.5. The number of nitrogens with zero attached hydrogens (tertiary/aromatic N) is 5. The Labute approximate surface area is 201 Å². The fourth-order valence-corrected chi connectivity index (χ4v) is 4.19. The first-order valence-electron chi connectivity index (χ1n) is 11.5. The molecule has 2 fully saturated rings. The molecule has 5 rings (SSSR count). The van der Waals surface area contributed by atoms with Crippen molar-refractivity contribution in [2.75, 3.05) is 36.4 Å². The highest BCUT2D eigenvalue weighted by Crippen LogP contribution is 2.38. The highest BCUT2D eigenvalue weighted by Gasteiger charge is 2.28. The summed E-state index contributed by atoms with van der Waals surface area (Å²) in [6, 6.07) is 11.6. The number of hydrogen-bond acceptors (Lipinski definition) is 7.